The van der Waals surface area contributed by atoms with Gasteiger partial charge in [0.05, 0.1) is 12.8 Å². The predicted molar refractivity (Wildman–Crippen MR) is 77.7 cm³/mol. The Bertz CT molecular complexity index is 586. The number of hydrogen-bond donors (Lipinski definition) is 1. The Morgan fingerprint density at radius 3 is 3.05 bits per heavy atom. The number of likely N-dealkylation sites (N-methyl/N-ethyl adjacent to an activating group) is 1. The van der Waals surface area contributed by atoms with Crippen LogP contribution in [0.1, 0.15) is 30.5 Å². The molecule has 0 bridgehead atoms. The van der Waals surface area contributed by atoms with Crippen LogP contribution in [-0.4, -0.2) is 43.3 Å². The van der Waals surface area contributed by atoms with Gasteiger partial charge in [0.2, 0.25) is 12.5 Å². The van der Waals surface area contributed by atoms with Crippen molar-refractivity contribution in [3.05, 3.63) is 17.2 Å². The summed E-state index contributed by atoms with van der Waals surface area (Å²) in [5.74, 6) is 2.17. The second-order valence-electron chi connectivity index (χ2n) is 5.50. The molecule has 1 aromatic carbocycles. The molecule has 2 aliphatic heterocycles. The summed E-state index contributed by atoms with van der Waals surface area (Å²) in [5, 5.41) is 12.3. The van der Waals surface area contributed by atoms with Crippen LogP contribution in [-0.2, 0) is 6.42 Å². The maximum atomic E-state index is 8.97. The van der Waals surface area contributed by atoms with Crippen molar-refractivity contribution in [3.63, 3.8) is 0 Å². The minimum Gasteiger partial charge on any atom is -0.492 e. The average molecular weight is 292 g/mol. The summed E-state index contributed by atoms with van der Waals surface area (Å²) in [7, 11) is 3.72. The van der Waals surface area contributed by atoms with Crippen molar-refractivity contribution >= 4 is 5.71 Å². The van der Waals surface area contributed by atoms with E-state index in [1.54, 1.807) is 7.11 Å². The summed E-state index contributed by atoms with van der Waals surface area (Å²) in [5.41, 5.74) is 3.02. The Morgan fingerprint density at radius 2 is 2.33 bits per heavy atom. The van der Waals surface area contributed by atoms with E-state index < -0.39 is 0 Å². The fraction of sp³-hybridized carbons (Fsp3) is 0.533. The Morgan fingerprint density at radius 1 is 1.52 bits per heavy atom. The molecule has 1 N–H and O–H groups in total. The highest BCUT2D eigenvalue weighted by atomic mass is 16.7. The molecule has 3 rings (SSSR count). The van der Waals surface area contributed by atoms with Crippen LogP contribution in [0.25, 0.3) is 0 Å². The number of nitrogens with zero attached hydrogens (tertiary/aromatic N) is 2. The molecule has 2 heterocycles. The van der Waals surface area contributed by atoms with Gasteiger partial charge in [0.25, 0.3) is 0 Å². The summed E-state index contributed by atoms with van der Waals surface area (Å²) in [6.45, 7) is 2.99. The predicted octanol–water partition coefficient (Wildman–Crippen LogP) is 2.19. The van der Waals surface area contributed by atoms with Crippen LogP contribution in [0.4, 0.5) is 0 Å². The highest BCUT2D eigenvalue weighted by Gasteiger charge is 2.34. The van der Waals surface area contributed by atoms with E-state index in [0.29, 0.717) is 17.9 Å². The third-order valence-corrected chi connectivity index (χ3v) is 4.21. The summed E-state index contributed by atoms with van der Waals surface area (Å²) in [6, 6.07) is 2.15. The molecule has 6 nitrogen and oxygen atoms in total. The fourth-order valence-corrected chi connectivity index (χ4v) is 3.10. The molecule has 6 heteroatoms. The normalized spacial score (nSPS) is 21.3. The highest BCUT2D eigenvalue weighted by molar-refractivity contribution is 5.82. The van der Waals surface area contributed by atoms with Crippen LogP contribution in [0.3, 0.4) is 0 Å². The van der Waals surface area contributed by atoms with Crippen LogP contribution < -0.4 is 14.2 Å². The molecule has 1 aromatic rings. The Kier molecular flexibility index (Phi) is 3.63. The van der Waals surface area contributed by atoms with E-state index in [-0.39, 0.29) is 12.8 Å². The van der Waals surface area contributed by atoms with Gasteiger partial charge in [-0.25, -0.2) is 0 Å². The topological polar surface area (TPSA) is 63.5 Å². The maximum absolute atomic E-state index is 8.97. The number of oxime groups is 1. The quantitative estimate of drug-likeness (QED) is 0.525. The van der Waals surface area contributed by atoms with E-state index >= 15 is 0 Å². The molecule has 0 radical (unpaired) electrons. The lowest BCUT2D eigenvalue weighted by molar-refractivity contribution is 0.170. The highest BCUT2D eigenvalue weighted by Crippen LogP contribution is 2.49. The van der Waals surface area contributed by atoms with Gasteiger partial charge in [-0.05, 0) is 32.0 Å². The largest absolute Gasteiger partial charge is 0.492 e. The zero-order valence-electron chi connectivity index (χ0n) is 12.5. The molecular weight excluding hydrogens is 272 g/mol. The zero-order chi connectivity index (χ0) is 15.0. The number of rotatable bonds is 3. The van der Waals surface area contributed by atoms with Gasteiger partial charge in [-0.15, -0.1) is 0 Å². The maximum Gasteiger partial charge on any atom is 0.231 e. The first-order valence-corrected chi connectivity index (χ1v) is 7.02. The zero-order valence-corrected chi connectivity index (χ0v) is 12.5. The van der Waals surface area contributed by atoms with E-state index in [1.165, 1.54) is 5.56 Å². The number of fused-ring (bicyclic) bond motifs is 2. The third kappa shape index (κ3) is 2.29. The third-order valence-electron chi connectivity index (χ3n) is 4.21. The smallest absolute Gasteiger partial charge is 0.231 e. The van der Waals surface area contributed by atoms with Gasteiger partial charge in [0.1, 0.15) is 0 Å². The van der Waals surface area contributed by atoms with Crippen molar-refractivity contribution in [1.82, 2.24) is 4.90 Å². The number of methoxy groups -OCH3 is 1. The van der Waals surface area contributed by atoms with Crippen molar-refractivity contribution in [2.45, 2.75) is 25.8 Å². The summed E-state index contributed by atoms with van der Waals surface area (Å²) >= 11 is 0. The molecule has 0 fully saturated rings. The van der Waals surface area contributed by atoms with Gasteiger partial charge in [0, 0.05) is 24.6 Å². The van der Waals surface area contributed by atoms with Gasteiger partial charge < -0.3 is 19.4 Å². The van der Waals surface area contributed by atoms with Gasteiger partial charge >= 0.3 is 0 Å². The van der Waals surface area contributed by atoms with E-state index in [4.69, 9.17) is 19.4 Å². The minimum atomic E-state index is 0.106. The first-order chi connectivity index (χ1) is 10.2. The van der Waals surface area contributed by atoms with Crippen LogP contribution in [0.2, 0.25) is 0 Å². The van der Waals surface area contributed by atoms with E-state index in [9.17, 15) is 0 Å². The average Bonchev–Trinajstić information content (AvgIpc) is 2.95. The van der Waals surface area contributed by atoms with E-state index in [1.807, 2.05) is 13.0 Å². The summed E-state index contributed by atoms with van der Waals surface area (Å²) < 4.78 is 16.7. The molecule has 1 atom stereocenters. The van der Waals surface area contributed by atoms with Crippen LogP contribution >= 0.6 is 0 Å². The number of ether oxygens (including phenoxy) is 3. The van der Waals surface area contributed by atoms with Gasteiger partial charge in [-0.2, -0.15) is 0 Å². The molecule has 0 aromatic heterocycles. The molecular formula is C15H20N2O4. The molecule has 0 amide bonds. The van der Waals surface area contributed by atoms with Gasteiger partial charge in [-0.3, -0.25) is 4.90 Å². The van der Waals surface area contributed by atoms with Gasteiger partial charge in [0.15, 0.2) is 11.5 Å². The molecule has 21 heavy (non-hydrogen) atoms. The second kappa shape index (κ2) is 5.44. The molecule has 0 saturated heterocycles. The standard InChI is InChI=1S/C15H20N2O4/c1-9(16-18)6-11-13-10(4-5-17(11)2)7-12-14(15(13)19-3)21-8-20-12/h7,11,18H,4-6,8H2,1-3H3/b16-9-/t11-/m0/s1. The molecule has 114 valence electrons. The van der Waals surface area contributed by atoms with Crippen molar-refractivity contribution in [2.75, 3.05) is 27.5 Å². The molecule has 0 spiro atoms. The van der Waals surface area contributed by atoms with Crippen LogP contribution in [0.5, 0.6) is 17.2 Å². The van der Waals surface area contributed by atoms with Crippen molar-refractivity contribution in [1.29, 1.82) is 0 Å². The number of benzene rings is 1. The van der Waals surface area contributed by atoms with Crippen LogP contribution in [0.15, 0.2) is 11.2 Å². The molecule has 0 saturated carbocycles. The Balaban J connectivity index is 2.11. The van der Waals surface area contributed by atoms with Gasteiger partial charge in [-0.1, -0.05) is 5.16 Å². The molecule has 0 aliphatic carbocycles. The Hall–Kier alpha value is -1.95. The first-order valence-electron chi connectivity index (χ1n) is 7.02. The van der Waals surface area contributed by atoms with Crippen LogP contribution in [0, 0.1) is 0 Å². The lowest BCUT2D eigenvalue weighted by Crippen LogP contribution is -2.33. The molecule has 0 unspecified atom stereocenters. The summed E-state index contributed by atoms with van der Waals surface area (Å²) in [4.78, 5) is 2.25. The fourth-order valence-electron chi connectivity index (χ4n) is 3.10. The van der Waals surface area contributed by atoms with Crippen molar-refractivity contribution < 1.29 is 19.4 Å². The van der Waals surface area contributed by atoms with E-state index in [0.717, 1.165) is 30.0 Å². The lowest BCUT2D eigenvalue weighted by Gasteiger charge is -2.35. The lowest BCUT2D eigenvalue weighted by atomic mass is 9.88. The monoisotopic (exact) mass is 292 g/mol. The summed E-state index contributed by atoms with van der Waals surface area (Å²) in [6.07, 6.45) is 1.58. The molecule has 2 aliphatic rings. The first kappa shape index (κ1) is 14.0. The SMILES string of the molecule is COc1c2c(cc3c1[C@H](C/C(C)=N\O)N(C)CC3)OCO2. The second-order valence-corrected chi connectivity index (χ2v) is 5.50. The van der Waals surface area contributed by atoms with Crippen molar-refractivity contribution in [2.24, 2.45) is 5.16 Å². The van der Waals surface area contributed by atoms with Crippen molar-refractivity contribution in [3.8, 4) is 17.2 Å². The van der Waals surface area contributed by atoms with E-state index in [2.05, 4.69) is 17.1 Å². The minimum absolute atomic E-state index is 0.106. The Labute approximate surface area is 123 Å². The number of hydrogen-bond acceptors (Lipinski definition) is 6.